The van der Waals surface area contributed by atoms with E-state index < -0.39 is 17.4 Å². The number of hydrogen-bond donors (Lipinski definition) is 2. The summed E-state index contributed by atoms with van der Waals surface area (Å²) in [5, 5.41) is 9.09. The van der Waals surface area contributed by atoms with E-state index in [0.29, 0.717) is 13.1 Å². The second-order valence-electron chi connectivity index (χ2n) is 5.76. The number of nitrogen functional groups attached to an aromatic ring is 1. The van der Waals surface area contributed by atoms with E-state index in [1.165, 1.54) is 6.07 Å². The van der Waals surface area contributed by atoms with Crippen molar-refractivity contribution < 1.29 is 19.0 Å². The number of morpholine rings is 1. The summed E-state index contributed by atoms with van der Waals surface area (Å²) < 4.78 is 19.9. The second-order valence-corrected chi connectivity index (χ2v) is 5.76. The standard InChI is InChI=1S/C14H19FN2O3/c1-8-6-17(7-14(2,3)20-8)12-4-9(13(18)19)11(16)5-10(12)15/h4-5,8H,6-7,16H2,1-3H3,(H,18,19). The van der Waals surface area contributed by atoms with E-state index in [1.54, 1.807) is 4.90 Å². The normalized spacial score (nSPS) is 21.8. The third-order valence-corrected chi connectivity index (χ3v) is 3.26. The number of rotatable bonds is 2. The molecule has 0 saturated carbocycles. The van der Waals surface area contributed by atoms with Crippen molar-refractivity contribution in [1.82, 2.24) is 0 Å². The maximum atomic E-state index is 14.1. The highest BCUT2D eigenvalue weighted by atomic mass is 19.1. The maximum Gasteiger partial charge on any atom is 0.337 e. The van der Waals surface area contributed by atoms with Crippen LogP contribution in [0.15, 0.2) is 12.1 Å². The van der Waals surface area contributed by atoms with Gasteiger partial charge in [-0.05, 0) is 32.9 Å². The molecule has 0 bridgehead atoms. The summed E-state index contributed by atoms with van der Waals surface area (Å²) in [6.07, 6.45) is -0.0658. The van der Waals surface area contributed by atoms with Crippen LogP contribution in [0.5, 0.6) is 0 Å². The number of carbonyl (C=O) groups is 1. The zero-order valence-electron chi connectivity index (χ0n) is 11.8. The van der Waals surface area contributed by atoms with Crippen molar-refractivity contribution in [3.63, 3.8) is 0 Å². The highest BCUT2D eigenvalue weighted by Gasteiger charge is 2.33. The first-order valence-electron chi connectivity index (χ1n) is 6.45. The molecule has 0 amide bonds. The molecule has 1 aliphatic heterocycles. The van der Waals surface area contributed by atoms with Gasteiger partial charge < -0.3 is 20.5 Å². The van der Waals surface area contributed by atoms with Gasteiger partial charge in [0.2, 0.25) is 0 Å². The summed E-state index contributed by atoms with van der Waals surface area (Å²) >= 11 is 0. The van der Waals surface area contributed by atoms with Gasteiger partial charge in [-0.25, -0.2) is 9.18 Å². The van der Waals surface area contributed by atoms with Gasteiger partial charge in [-0.15, -0.1) is 0 Å². The monoisotopic (exact) mass is 282 g/mol. The Hall–Kier alpha value is -1.82. The number of anilines is 2. The number of hydrogen-bond acceptors (Lipinski definition) is 4. The van der Waals surface area contributed by atoms with Gasteiger partial charge in [0.05, 0.1) is 23.0 Å². The fourth-order valence-corrected chi connectivity index (χ4v) is 2.64. The molecule has 0 spiro atoms. The number of nitrogens with two attached hydrogens (primary N) is 1. The number of ether oxygens (including phenoxy) is 1. The molecule has 110 valence electrons. The average molecular weight is 282 g/mol. The molecule has 0 aliphatic carbocycles. The van der Waals surface area contributed by atoms with Crippen molar-refractivity contribution in [2.24, 2.45) is 0 Å². The minimum atomic E-state index is -1.16. The van der Waals surface area contributed by atoms with Gasteiger partial charge in [-0.3, -0.25) is 0 Å². The number of carboxylic acid groups (broad SMARTS) is 1. The maximum absolute atomic E-state index is 14.1. The van der Waals surface area contributed by atoms with Gasteiger partial charge in [-0.1, -0.05) is 0 Å². The SMILES string of the molecule is CC1CN(c2cc(C(=O)O)c(N)cc2F)CC(C)(C)O1. The lowest BCUT2D eigenvalue weighted by atomic mass is 10.0. The quantitative estimate of drug-likeness (QED) is 0.812. The highest BCUT2D eigenvalue weighted by Crippen LogP contribution is 2.30. The van der Waals surface area contributed by atoms with Crippen molar-refractivity contribution >= 4 is 17.3 Å². The molecule has 1 aliphatic rings. The van der Waals surface area contributed by atoms with Crippen molar-refractivity contribution in [1.29, 1.82) is 0 Å². The van der Waals surface area contributed by atoms with E-state index in [-0.39, 0.29) is 23.0 Å². The van der Waals surface area contributed by atoms with Crippen LogP contribution in [-0.2, 0) is 4.74 Å². The van der Waals surface area contributed by atoms with E-state index in [0.717, 1.165) is 6.07 Å². The summed E-state index contributed by atoms with van der Waals surface area (Å²) in [7, 11) is 0. The molecule has 3 N–H and O–H groups in total. The largest absolute Gasteiger partial charge is 0.478 e. The Bertz CT molecular complexity index is 545. The molecule has 1 aromatic rings. The Morgan fingerprint density at radius 3 is 2.75 bits per heavy atom. The minimum absolute atomic E-state index is 0.0658. The minimum Gasteiger partial charge on any atom is -0.478 e. The highest BCUT2D eigenvalue weighted by molar-refractivity contribution is 5.95. The van der Waals surface area contributed by atoms with Crippen LogP contribution < -0.4 is 10.6 Å². The molecule has 5 nitrogen and oxygen atoms in total. The molecule has 0 radical (unpaired) electrons. The van der Waals surface area contributed by atoms with Crippen LogP contribution in [0.2, 0.25) is 0 Å². The van der Waals surface area contributed by atoms with Gasteiger partial charge in [-0.2, -0.15) is 0 Å². The van der Waals surface area contributed by atoms with E-state index in [1.807, 2.05) is 20.8 Å². The summed E-state index contributed by atoms with van der Waals surface area (Å²) in [4.78, 5) is 12.9. The molecule has 1 saturated heterocycles. The third kappa shape index (κ3) is 2.85. The average Bonchev–Trinajstić information content (AvgIpc) is 2.25. The molecule has 2 rings (SSSR count). The fourth-order valence-electron chi connectivity index (χ4n) is 2.64. The first kappa shape index (κ1) is 14.6. The predicted molar refractivity (Wildman–Crippen MR) is 74.6 cm³/mol. The lowest BCUT2D eigenvalue weighted by molar-refractivity contribution is -0.0751. The molecule has 1 atom stereocenters. The zero-order chi connectivity index (χ0) is 15.1. The molecular formula is C14H19FN2O3. The smallest absolute Gasteiger partial charge is 0.337 e. The summed E-state index contributed by atoms with van der Waals surface area (Å²) in [6.45, 7) is 6.73. The Morgan fingerprint density at radius 2 is 2.20 bits per heavy atom. The number of carboxylic acids is 1. The van der Waals surface area contributed by atoms with Crippen molar-refractivity contribution in [2.75, 3.05) is 23.7 Å². The Kier molecular flexibility index (Phi) is 3.60. The van der Waals surface area contributed by atoms with Crippen LogP contribution in [0.3, 0.4) is 0 Å². The Morgan fingerprint density at radius 1 is 1.55 bits per heavy atom. The van der Waals surface area contributed by atoms with Crippen LogP contribution in [0, 0.1) is 5.82 Å². The Labute approximate surface area is 117 Å². The van der Waals surface area contributed by atoms with Crippen molar-refractivity contribution in [3.8, 4) is 0 Å². The van der Waals surface area contributed by atoms with Crippen molar-refractivity contribution in [2.45, 2.75) is 32.5 Å². The number of benzene rings is 1. The topological polar surface area (TPSA) is 75.8 Å². The lowest BCUT2D eigenvalue weighted by Gasteiger charge is -2.43. The molecule has 1 heterocycles. The first-order valence-corrected chi connectivity index (χ1v) is 6.45. The zero-order valence-corrected chi connectivity index (χ0v) is 11.8. The van der Waals surface area contributed by atoms with Crippen LogP contribution in [-0.4, -0.2) is 35.9 Å². The number of aromatic carboxylic acids is 1. The van der Waals surface area contributed by atoms with Gasteiger partial charge in [0, 0.05) is 18.8 Å². The van der Waals surface area contributed by atoms with Crippen LogP contribution >= 0.6 is 0 Å². The predicted octanol–water partition coefficient (Wildman–Crippen LogP) is 2.11. The molecular weight excluding hydrogens is 263 g/mol. The lowest BCUT2D eigenvalue weighted by Crippen LogP contribution is -2.52. The summed E-state index contributed by atoms with van der Waals surface area (Å²) in [5.41, 5.74) is 5.21. The first-order chi connectivity index (χ1) is 9.19. The van der Waals surface area contributed by atoms with Crippen LogP contribution in [0.25, 0.3) is 0 Å². The van der Waals surface area contributed by atoms with Crippen molar-refractivity contribution in [3.05, 3.63) is 23.5 Å². The summed E-state index contributed by atoms with van der Waals surface area (Å²) in [6, 6.07) is 2.35. The fraction of sp³-hybridized carbons (Fsp3) is 0.500. The third-order valence-electron chi connectivity index (χ3n) is 3.26. The molecule has 1 aromatic carbocycles. The number of nitrogens with zero attached hydrogens (tertiary/aromatic N) is 1. The van der Waals surface area contributed by atoms with Crippen LogP contribution in [0.1, 0.15) is 31.1 Å². The molecule has 0 aromatic heterocycles. The van der Waals surface area contributed by atoms with Crippen LogP contribution in [0.4, 0.5) is 15.8 Å². The van der Waals surface area contributed by atoms with Gasteiger partial charge in [0.1, 0.15) is 5.82 Å². The van der Waals surface area contributed by atoms with Gasteiger partial charge in [0.15, 0.2) is 0 Å². The van der Waals surface area contributed by atoms with E-state index in [9.17, 15) is 9.18 Å². The number of halogens is 1. The van der Waals surface area contributed by atoms with E-state index in [4.69, 9.17) is 15.6 Å². The van der Waals surface area contributed by atoms with Gasteiger partial charge >= 0.3 is 5.97 Å². The van der Waals surface area contributed by atoms with E-state index >= 15 is 0 Å². The van der Waals surface area contributed by atoms with Gasteiger partial charge in [0.25, 0.3) is 0 Å². The Balaban J connectivity index is 2.41. The summed E-state index contributed by atoms with van der Waals surface area (Å²) in [5.74, 6) is -1.68. The molecule has 6 heteroatoms. The molecule has 1 fully saturated rings. The van der Waals surface area contributed by atoms with E-state index in [2.05, 4.69) is 0 Å². The molecule has 20 heavy (non-hydrogen) atoms. The second kappa shape index (κ2) is 4.94. The molecule has 1 unspecified atom stereocenters.